The van der Waals surface area contributed by atoms with Gasteiger partial charge in [-0.05, 0) is 12.1 Å². The summed E-state index contributed by atoms with van der Waals surface area (Å²) in [5.74, 6) is 0.467. The molecule has 0 spiro atoms. The van der Waals surface area contributed by atoms with E-state index in [4.69, 9.17) is 5.73 Å². The number of nitrogens with zero attached hydrogens (tertiary/aromatic N) is 3. The van der Waals surface area contributed by atoms with E-state index in [1.807, 2.05) is 30.3 Å². The Morgan fingerprint density at radius 3 is 2.79 bits per heavy atom. The number of benzene rings is 1. The van der Waals surface area contributed by atoms with Crippen LogP contribution in [0, 0.1) is 0 Å². The number of anilines is 1. The number of nitrogens with two attached hydrogens (primary N) is 1. The predicted molar refractivity (Wildman–Crippen MR) is 74.9 cm³/mol. The van der Waals surface area contributed by atoms with Gasteiger partial charge in [-0.3, -0.25) is 4.57 Å². The zero-order chi connectivity index (χ0) is 13.4. The first-order valence-corrected chi connectivity index (χ1v) is 6.01. The average molecular weight is 254 g/mol. The lowest BCUT2D eigenvalue weighted by Crippen LogP contribution is -2.22. The van der Waals surface area contributed by atoms with Crippen LogP contribution >= 0.6 is 0 Å². The summed E-state index contributed by atoms with van der Waals surface area (Å²) in [5.41, 5.74) is 7.61. The van der Waals surface area contributed by atoms with Crippen molar-refractivity contribution in [3.63, 3.8) is 0 Å². The minimum atomic E-state index is -0.0624. The fraction of sp³-hybridized carbons (Fsp3) is 0.143. The predicted octanol–water partition coefficient (Wildman–Crippen LogP) is 1.37. The normalized spacial score (nSPS) is 11.0. The number of fused-ring (bicyclic) bond motifs is 1. The second-order valence-corrected chi connectivity index (χ2v) is 4.54. The van der Waals surface area contributed by atoms with E-state index in [9.17, 15) is 4.79 Å². The summed E-state index contributed by atoms with van der Waals surface area (Å²) >= 11 is 0. The molecular weight excluding hydrogens is 240 g/mol. The molecule has 96 valence electrons. The van der Waals surface area contributed by atoms with Crippen molar-refractivity contribution in [2.75, 3.05) is 5.73 Å². The van der Waals surface area contributed by atoms with Crippen molar-refractivity contribution in [2.45, 2.75) is 6.54 Å². The van der Waals surface area contributed by atoms with Crippen LogP contribution in [0.3, 0.4) is 0 Å². The molecule has 3 aromatic rings. The molecule has 0 unspecified atom stereocenters. The third kappa shape index (κ3) is 1.99. The number of hydrogen-bond acceptors (Lipinski definition) is 3. The van der Waals surface area contributed by atoms with E-state index >= 15 is 0 Å². The second kappa shape index (κ2) is 4.28. The third-order valence-corrected chi connectivity index (χ3v) is 3.19. The molecule has 2 N–H and O–H groups in total. The van der Waals surface area contributed by atoms with E-state index in [-0.39, 0.29) is 5.69 Å². The Balaban J connectivity index is 2.08. The molecule has 0 saturated carbocycles. The van der Waals surface area contributed by atoms with Crippen molar-refractivity contribution in [3.05, 3.63) is 58.8 Å². The number of imidazole rings is 1. The highest BCUT2D eigenvalue weighted by Crippen LogP contribution is 2.18. The zero-order valence-electron chi connectivity index (χ0n) is 10.6. The molecule has 0 fully saturated rings. The van der Waals surface area contributed by atoms with Crippen molar-refractivity contribution >= 4 is 16.7 Å². The van der Waals surface area contributed by atoms with Gasteiger partial charge in [0.1, 0.15) is 5.82 Å². The maximum absolute atomic E-state index is 11.8. The molecule has 19 heavy (non-hydrogen) atoms. The van der Waals surface area contributed by atoms with Crippen molar-refractivity contribution in [1.82, 2.24) is 14.1 Å². The lowest BCUT2D eigenvalue weighted by Gasteiger charge is -2.07. The number of aryl methyl sites for hydroxylation is 1. The second-order valence-electron chi connectivity index (χ2n) is 4.54. The minimum Gasteiger partial charge on any atom is -0.383 e. The summed E-state index contributed by atoms with van der Waals surface area (Å²) in [5, 5.41) is 1.02. The van der Waals surface area contributed by atoms with Gasteiger partial charge in [-0.1, -0.05) is 18.2 Å². The quantitative estimate of drug-likeness (QED) is 0.751. The first-order valence-electron chi connectivity index (χ1n) is 6.01. The van der Waals surface area contributed by atoms with Gasteiger partial charge in [0.25, 0.3) is 0 Å². The largest absolute Gasteiger partial charge is 0.383 e. The van der Waals surface area contributed by atoms with Crippen LogP contribution in [0.25, 0.3) is 10.9 Å². The van der Waals surface area contributed by atoms with Gasteiger partial charge in [-0.25, -0.2) is 9.78 Å². The highest BCUT2D eigenvalue weighted by atomic mass is 16.1. The average Bonchev–Trinajstić information content (AvgIpc) is 2.71. The summed E-state index contributed by atoms with van der Waals surface area (Å²) in [6.07, 6.45) is 3.48. The molecule has 1 aromatic carbocycles. The molecule has 0 amide bonds. The molecule has 0 atom stereocenters. The van der Waals surface area contributed by atoms with Crippen molar-refractivity contribution < 1.29 is 0 Å². The standard InChI is InChI=1S/C14H14N4O/c1-17-6-7-18(14(17)19)9-11-8-10-4-2-3-5-12(10)16-13(11)15/h2-8H,9H2,1H3,(H2,15,16). The monoisotopic (exact) mass is 254 g/mol. The summed E-state index contributed by atoms with van der Waals surface area (Å²) in [4.78, 5) is 16.2. The Kier molecular flexibility index (Phi) is 2.59. The van der Waals surface area contributed by atoms with Gasteiger partial charge in [-0.15, -0.1) is 0 Å². The van der Waals surface area contributed by atoms with Gasteiger partial charge in [0, 0.05) is 30.4 Å². The van der Waals surface area contributed by atoms with Crippen molar-refractivity contribution in [3.8, 4) is 0 Å². The van der Waals surface area contributed by atoms with E-state index in [0.29, 0.717) is 12.4 Å². The van der Waals surface area contributed by atoms with Gasteiger partial charge in [0.2, 0.25) is 0 Å². The van der Waals surface area contributed by atoms with Crippen LogP contribution in [0.1, 0.15) is 5.56 Å². The summed E-state index contributed by atoms with van der Waals surface area (Å²) in [7, 11) is 1.72. The van der Waals surface area contributed by atoms with Crippen LogP contribution in [-0.2, 0) is 13.6 Å². The van der Waals surface area contributed by atoms with Gasteiger partial charge < -0.3 is 10.3 Å². The molecule has 0 aliphatic rings. The van der Waals surface area contributed by atoms with E-state index in [2.05, 4.69) is 4.98 Å². The molecule has 2 heterocycles. The van der Waals surface area contributed by atoms with E-state index in [0.717, 1.165) is 16.5 Å². The fourth-order valence-electron chi connectivity index (χ4n) is 2.12. The van der Waals surface area contributed by atoms with Gasteiger partial charge in [-0.2, -0.15) is 0 Å². The van der Waals surface area contributed by atoms with Crippen LogP contribution in [0.2, 0.25) is 0 Å². The molecule has 0 aliphatic carbocycles. The summed E-state index contributed by atoms with van der Waals surface area (Å²) in [6.45, 7) is 0.434. The first kappa shape index (κ1) is 11.5. The molecule has 0 aliphatic heterocycles. The molecule has 2 aromatic heterocycles. The van der Waals surface area contributed by atoms with Gasteiger partial charge >= 0.3 is 5.69 Å². The Labute approximate surface area is 109 Å². The number of para-hydroxylation sites is 1. The molecular formula is C14H14N4O. The van der Waals surface area contributed by atoms with Crippen LogP contribution in [0.15, 0.2) is 47.5 Å². The Morgan fingerprint density at radius 1 is 1.26 bits per heavy atom. The van der Waals surface area contributed by atoms with Crippen LogP contribution < -0.4 is 11.4 Å². The van der Waals surface area contributed by atoms with Crippen molar-refractivity contribution in [1.29, 1.82) is 0 Å². The Hall–Kier alpha value is -2.56. The third-order valence-electron chi connectivity index (χ3n) is 3.19. The highest BCUT2D eigenvalue weighted by Gasteiger charge is 2.07. The topological polar surface area (TPSA) is 65.8 Å². The first-order chi connectivity index (χ1) is 9.15. The van der Waals surface area contributed by atoms with Crippen LogP contribution in [0.5, 0.6) is 0 Å². The summed E-state index contributed by atoms with van der Waals surface area (Å²) in [6, 6.07) is 9.77. The van der Waals surface area contributed by atoms with E-state index in [1.54, 1.807) is 24.0 Å². The number of hydrogen-bond donors (Lipinski definition) is 1. The maximum atomic E-state index is 11.8. The van der Waals surface area contributed by atoms with E-state index in [1.165, 1.54) is 4.57 Å². The molecule has 5 heteroatoms. The Morgan fingerprint density at radius 2 is 2.05 bits per heavy atom. The molecule has 0 radical (unpaired) electrons. The van der Waals surface area contributed by atoms with Crippen LogP contribution in [0.4, 0.5) is 5.82 Å². The number of rotatable bonds is 2. The number of pyridine rings is 1. The SMILES string of the molecule is Cn1ccn(Cc2cc3ccccc3nc2N)c1=O. The molecule has 0 saturated heterocycles. The molecule has 5 nitrogen and oxygen atoms in total. The lowest BCUT2D eigenvalue weighted by molar-refractivity contribution is 0.718. The van der Waals surface area contributed by atoms with E-state index < -0.39 is 0 Å². The molecule has 0 bridgehead atoms. The molecule has 3 rings (SSSR count). The van der Waals surface area contributed by atoms with Crippen LogP contribution in [-0.4, -0.2) is 14.1 Å². The lowest BCUT2D eigenvalue weighted by atomic mass is 10.1. The smallest absolute Gasteiger partial charge is 0.328 e. The maximum Gasteiger partial charge on any atom is 0.328 e. The van der Waals surface area contributed by atoms with Gasteiger partial charge in [0.05, 0.1) is 12.1 Å². The minimum absolute atomic E-state index is 0.0624. The summed E-state index contributed by atoms with van der Waals surface area (Å²) < 4.78 is 3.15. The Bertz CT molecular complexity index is 801. The number of nitrogen functional groups attached to an aromatic ring is 1. The number of aromatic nitrogens is 3. The van der Waals surface area contributed by atoms with Crippen molar-refractivity contribution in [2.24, 2.45) is 7.05 Å². The van der Waals surface area contributed by atoms with Gasteiger partial charge in [0.15, 0.2) is 0 Å². The zero-order valence-corrected chi connectivity index (χ0v) is 10.6. The highest BCUT2D eigenvalue weighted by molar-refractivity contribution is 5.81. The fourth-order valence-corrected chi connectivity index (χ4v) is 2.12.